The van der Waals surface area contributed by atoms with Crippen molar-refractivity contribution in [1.82, 2.24) is 10.2 Å². The smallest absolute Gasteiger partial charge is 0.407 e. The van der Waals surface area contributed by atoms with E-state index < -0.39 is 6.09 Å². The van der Waals surface area contributed by atoms with Gasteiger partial charge in [-0.2, -0.15) is 0 Å². The van der Waals surface area contributed by atoms with E-state index in [4.69, 9.17) is 23.2 Å². The van der Waals surface area contributed by atoms with Gasteiger partial charge in [-0.15, -0.1) is 0 Å². The van der Waals surface area contributed by atoms with Crippen molar-refractivity contribution in [1.29, 1.82) is 0 Å². The summed E-state index contributed by atoms with van der Waals surface area (Å²) in [5.41, 5.74) is 2.38. The highest BCUT2D eigenvalue weighted by Crippen LogP contribution is 2.30. The van der Waals surface area contributed by atoms with E-state index in [2.05, 4.69) is 5.32 Å². The van der Waals surface area contributed by atoms with Crippen molar-refractivity contribution in [3.8, 4) is 0 Å². The van der Waals surface area contributed by atoms with Crippen LogP contribution in [-0.2, 0) is 0 Å². The lowest BCUT2D eigenvalue weighted by Crippen LogP contribution is -2.51. The van der Waals surface area contributed by atoms with Gasteiger partial charge in [-0.25, -0.2) is 4.79 Å². The zero-order valence-electron chi connectivity index (χ0n) is 14.8. The molecule has 1 aliphatic rings. The molecule has 2 amide bonds. The zero-order valence-corrected chi connectivity index (χ0v) is 16.3. The molecule has 1 saturated heterocycles. The number of carbonyl (C=O) groups is 2. The van der Waals surface area contributed by atoms with Crippen LogP contribution in [0.2, 0.25) is 10.0 Å². The average Bonchev–Trinajstić information content (AvgIpc) is 2.64. The van der Waals surface area contributed by atoms with E-state index in [1.807, 2.05) is 25.1 Å². The predicted octanol–water partition coefficient (Wildman–Crippen LogP) is 4.57. The van der Waals surface area contributed by atoms with Crippen LogP contribution in [0.15, 0.2) is 42.5 Å². The van der Waals surface area contributed by atoms with Gasteiger partial charge in [0.2, 0.25) is 0 Å². The molecule has 1 fully saturated rings. The van der Waals surface area contributed by atoms with Crippen LogP contribution in [-0.4, -0.2) is 41.1 Å². The van der Waals surface area contributed by atoms with Crippen LogP contribution >= 0.6 is 23.2 Å². The van der Waals surface area contributed by atoms with Crippen LogP contribution in [0.1, 0.15) is 33.8 Å². The predicted molar refractivity (Wildman–Crippen MR) is 106 cm³/mol. The molecule has 0 bridgehead atoms. The van der Waals surface area contributed by atoms with Crippen LogP contribution in [0.5, 0.6) is 0 Å². The third-order valence-electron chi connectivity index (χ3n) is 4.93. The summed E-state index contributed by atoms with van der Waals surface area (Å²) >= 11 is 12.1. The summed E-state index contributed by atoms with van der Waals surface area (Å²) in [6.45, 7) is 2.59. The largest absolute Gasteiger partial charge is 0.465 e. The van der Waals surface area contributed by atoms with Crippen LogP contribution in [0, 0.1) is 6.92 Å². The minimum absolute atomic E-state index is 0.177. The maximum Gasteiger partial charge on any atom is 0.407 e. The fourth-order valence-electron chi connectivity index (χ4n) is 3.33. The molecule has 142 valence electrons. The van der Waals surface area contributed by atoms with Crippen molar-refractivity contribution in [2.45, 2.75) is 25.3 Å². The molecule has 2 atom stereocenters. The van der Waals surface area contributed by atoms with Crippen molar-refractivity contribution < 1.29 is 14.7 Å². The van der Waals surface area contributed by atoms with Gasteiger partial charge in [-0.1, -0.05) is 35.3 Å². The van der Waals surface area contributed by atoms with E-state index in [-0.39, 0.29) is 17.9 Å². The topological polar surface area (TPSA) is 69.6 Å². The van der Waals surface area contributed by atoms with E-state index in [1.165, 1.54) is 4.90 Å². The lowest BCUT2D eigenvalue weighted by atomic mass is 9.85. The molecule has 0 radical (unpaired) electrons. The molecule has 0 spiro atoms. The number of piperidine rings is 1. The van der Waals surface area contributed by atoms with Gasteiger partial charge < -0.3 is 15.3 Å². The number of aryl methyl sites for hydroxylation is 1. The highest BCUT2D eigenvalue weighted by Gasteiger charge is 2.33. The number of carboxylic acid groups (broad SMARTS) is 1. The van der Waals surface area contributed by atoms with Crippen molar-refractivity contribution in [2.24, 2.45) is 0 Å². The second-order valence-corrected chi connectivity index (χ2v) is 7.56. The van der Waals surface area contributed by atoms with Gasteiger partial charge in [0, 0.05) is 40.7 Å². The second-order valence-electron chi connectivity index (χ2n) is 6.72. The summed E-state index contributed by atoms with van der Waals surface area (Å²) in [7, 11) is 0. The lowest BCUT2D eigenvalue weighted by Gasteiger charge is -2.38. The van der Waals surface area contributed by atoms with Gasteiger partial charge in [0.05, 0.1) is 0 Å². The number of hydrogen-bond acceptors (Lipinski definition) is 2. The quantitative estimate of drug-likeness (QED) is 0.783. The van der Waals surface area contributed by atoms with Crippen molar-refractivity contribution in [3.05, 3.63) is 69.2 Å². The Hall–Kier alpha value is -2.24. The normalized spacial score (nSPS) is 19.6. The average molecular weight is 407 g/mol. The minimum atomic E-state index is -0.958. The molecule has 27 heavy (non-hydrogen) atoms. The summed E-state index contributed by atoms with van der Waals surface area (Å²) in [5.74, 6) is -0.382. The number of nitrogens with zero attached hydrogens (tertiary/aromatic N) is 1. The Balaban J connectivity index is 1.84. The summed E-state index contributed by atoms with van der Waals surface area (Å²) in [6.07, 6.45) is -0.428. The van der Waals surface area contributed by atoms with E-state index in [1.54, 1.807) is 24.3 Å². The number of carbonyl (C=O) groups excluding carboxylic acids is 1. The Labute approximate surface area is 167 Å². The summed E-state index contributed by atoms with van der Waals surface area (Å²) in [4.78, 5) is 25.4. The van der Waals surface area contributed by atoms with E-state index in [0.717, 1.165) is 11.1 Å². The number of rotatable bonds is 3. The first kappa shape index (κ1) is 19.5. The number of hydrogen-bond donors (Lipinski definition) is 2. The van der Waals surface area contributed by atoms with Gasteiger partial charge in [-0.3, -0.25) is 4.79 Å². The Bertz CT molecular complexity index is 855. The molecule has 0 saturated carbocycles. The lowest BCUT2D eigenvalue weighted by molar-refractivity contribution is 0.0888. The Morgan fingerprint density at radius 3 is 2.48 bits per heavy atom. The third-order valence-corrected chi connectivity index (χ3v) is 5.59. The molecule has 2 N–H and O–H groups in total. The molecule has 2 unspecified atom stereocenters. The van der Waals surface area contributed by atoms with Crippen LogP contribution in [0.4, 0.5) is 4.79 Å². The summed E-state index contributed by atoms with van der Waals surface area (Å²) < 4.78 is 0. The van der Waals surface area contributed by atoms with Gasteiger partial charge >= 0.3 is 6.09 Å². The number of amides is 2. The highest BCUT2D eigenvalue weighted by molar-refractivity contribution is 6.31. The molecule has 3 rings (SSSR count). The van der Waals surface area contributed by atoms with E-state index >= 15 is 0 Å². The second kappa shape index (κ2) is 8.19. The van der Waals surface area contributed by atoms with Gasteiger partial charge in [-0.05, 0) is 54.8 Å². The Morgan fingerprint density at radius 1 is 1.15 bits per heavy atom. The SMILES string of the molecule is Cc1ccc(C2CN(C(=O)O)CCC2NC(=O)c2ccc(Cl)cc2)cc1Cl. The fourth-order valence-corrected chi connectivity index (χ4v) is 3.64. The first-order chi connectivity index (χ1) is 12.8. The number of halogens is 2. The van der Waals surface area contributed by atoms with E-state index in [0.29, 0.717) is 35.1 Å². The van der Waals surface area contributed by atoms with Crippen molar-refractivity contribution in [2.75, 3.05) is 13.1 Å². The van der Waals surface area contributed by atoms with Crippen LogP contribution in [0.25, 0.3) is 0 Å². The maximum absolute atomic E-state index is 12.6. The minimum Gasteiger partial charge on any atom is -0.465 e. The van der Waals surface area contributed by atoms with Gasteiger partial charge in [0.15, 0.2) is 0 Å². The van der Waals surface area contributed by atoms with Crippen molar-refractivity contribution in [3.63, 3.8) is 0 Å². The van der Waals surface area contributed by atoms with Crippen LogP contribution in [0.3, 0.4) is 0 Å². The molecule has 7 heteroatoms. The molecule has 1 heterocycles. The standard InChI is InChI=1S/C20H20Cl2N2O3/c1-12-2-3-14(10-17(12)22)16-11-24(20(26)27)9-8-18(16)23-19(25)13-4-6-15(21)7-5-13/h2-7,10,16,18H,8-9,11H2,1H3,(H,23,25)(H,26,27). The molecule has 0 aromatic heterocycles. The summed E-state index contributed by atoms with van der Waals surface area (Å²) in [5, 5.41) is 13.6. The summed E-state index contributed by atoms with van der Waals surface area (Å²) in [6, 6.07) is 12.2. The number of benzene rings is 2. The Morgan fingerprint density at radius 2 is 1.85 bits per heavy atom. The molecule has 0 aliphatic carbocycles. The first-order valence-electron chi connectivity index (χ1n) is 8.65. The molecule has 2 aromatic carbocycles. The molecule has 1 aliphatic heterocycles. The Kier molecular flexibility index (Phi) is 5.92. The molecule has 5 nitrogen and oxygen atoms in total. The van der Waals surface area contributed by atoms with Gasteiger partial charge in [0.1, 0.15) is 0 Å². The van der Waals surface area contributed by atoms with Crippen LogP contribution < -0.4 is 5.32 Å². The molecular weight excluding hydrogens is 387 g/mol. The molecular formula is C20H20Cl2N2O3. The highest BCUT2D eigenvalue weighted by atomic mass is 35.5. The zero-order chi connectivity index (χ0) is 19.6. The number of nitrogens with one attached hydrogen (secondary N) is 1. The first-order valence-corrected chi connectivity index (χ1v) is 9.41. The van der Waals surface area contributed by atoms with Crippen molar-refractivity contribution >= 4 is 35.2 Å². The molecule has 2 aromatic rings. The monoisotopic (exact) mass is 406 g/mol. The maximum atomic E-state index is 12.6. The fraction of sp³-hybridized carbons (Fsp3) is 0.300. The third kappa shape index (κ3) is 4.54. The van der Waals surface area contributed by atoms with E-state index in [9.17, 15) is 14.7 Å². The number of likely N-dealkylation sites (tertiary alicyclic amines) is 1. The van der Waals surface area contributed by atoms with Gasteiger partial charge in [0.25, 0.3) is 5.91 Å².